The van der Waals surface area contributed by atoms with Gasteiger partial charge in [-0.3, -0.25) is 0 Å². The molecule has 1 aromatic rings. The van der Waals surface area contributed by atoms with Crippen molar-refractivity contribution < 1.29 is 13.9 Å². The number of carbonyl (C=O) groups is 1. The first kappa shape index (κ1) is 14.1. The molecule has 0 heterocycles. The Morgan fingerprint density at radius 2 is 2.33 bits per heavy atom. The minimum Gasteiger partial charge on any atom is -0.457 e. The molecule has 5 heteroatoms. The number of nitriles is 1. The van der Waals surface area contributed by atoms with Crippen LogP contribution in [0, 0.1) is 17.1 Å². The molecule has 0 aromatic heterocycles. The van der Waals surface area contributed by atoms with E-state index in [2.05, 4.69) is 22.5 Å². The van der Waals surface area contributed by atoms with Crippen LogP contribution in [0.1, 0.15) is 5.56 Å². The van der Waals surface area contributed by atoms with Gasteiger partial charge in [0.05, 0.1) is 0 Å². The lowest BCUT2D eigenvalue weighted by Gasteiger charge is -2.01. The number of nitrogens with zero attached hydrogens (tertiary/aromatic N) is 1. The summed E-state index contributed by atoms with van der Waals surface area (Å²) in [7, 11) is 0. The molecule has 0 fully saturated rings. The largest absolute Gasteiger partial charge is 0.457 e. The molecular weight excluding hydrogens is 301 g/mol. The molecule has 18 heavy (non-hydrogen) atoms. The van der Waals surface area contributed by atoms with E-state index in [1.54, 1.807) is 6.07 Å². The molecule has 0 bridgehead atoms. The van der Waals surface area contributed by atoms with E-state index in [9.17, 15) is 9.18 Å². The van der Waals surface area contributed by atoms with Gasteiger partial charge in [0.25, 0.3) is 0 Å². The zero-order valence-corrected chi connectivity index (χ0v) is 10.9. The van der Waals surface area contributed by atoms with Crippen molar-refractivity contribution in [2.75, 3.05) is 6.61 Å². The fourth-order valence-electron chi connectivity index (χ4n) is 1.13. The third-order valence-corrected chi connectivity index (χ3v) is 2.42. The predicted octanol–water partition coefficient (Wildman–Crippen LogP) is 3.22. The van der Waals surface area contributed by atoms with Crippen molar-refractivity contribution in [1.29, 1.82) is 5.26 Å². The quantitative estimate of drug-likeness (QED) is 0.371. The Balaban J connectivity index is 3.04. The molecule has 0 atom stereocenters. The van der Waals surface area contributed by atoms with Gasteiger partial charge in [0, 0.05) is 10.0 Å². The molecular formula is C13H9BrFNO2. The van der Waals surface area contributed by atoms with Gasteiger partial charge in [0.2, 0.25) is 0 Å². The highest BCUT2D eigenvalue weighted by atomic mass is 79.9. The minimum atomic E-state index is -0.809. The zero-order valence-electron chi connectivity index (χ0n) is 9.32. The number of benzene rings is 1. The maximum Gasteiger partial charge on any atom is 0.349 e. The molecule has 1 rings (SSSR count). The van der Waals surface area contributed by atoms with Gasteiger partial charge in [-0.15, -0.1) is 0 Å². The Morgan fingerprint density at radius 3 is 2.94 bits per heavy atom. The summed E-state index contributed by atoms with van der Waals surface area (Å²) < 4.78 is 18.8. The molecule has 0 aliphatic carbocycles. The van der Waals surface area contributed by atoms with Crippen LogP contribution >= 0.6 is 15.9 Å². The molecule has 92 valence electrons. The average Bonchev–Trinajstić information content (AvgIpc) is 2.36. The number of hydrogen-bond acceptors (Lipinski definition) is 3. The van der Waals surface area contributed by atoms with Crippen LogP contribution in [0.4, 0.5) is 4.39 Å². The molecule has 0 radical (unpaired) electrons. The standard InChI is InChI=1S/C13H9BrFNO2/c1-2-5-18-13(17)10(8-16)6-9-7-11(14)3-4-12(9)15/h2-4,6-7H,1,5H2. The second-order valence-electron chi connectivity index (χ2n) is 3.22. The molecule has 3 nitrogen and oxygen atoms in total. The van der Waals surface area contributed by atoms with Gasteiger partial charge >= 0.3 is 5.97 Å². The van der Waals surface area contributed by atoms with Crippen molar-refractivity contribution in [1.82, 2.24) is 0 Å². The summed E-state index contributed by atoms with van der Waals surface area (Å²) in [5.74, 6) is -1.33. The highest BCUT2D eigenvalue weighted by molar-refractivity contribution is 9.10. The van der Waals surface area contributed by atoms with E-state index in [-0.39, 0.29) is 17.7 Å². The predicted molar refractivity (Wildman–Crippen MR) is 68.8 cm³/mol. The van der Waals surface area contributed by atoms with Gasteiger partial charge in [-0.05, 0) is 24.3 Å². The highest BCUT2D eigenvalue weighted by Gasteiger charge is 2.11. The highest BCUT2D eigenvalue weighted by Crippen LogP contribution is 2.18. The van der Waals surface area contributed by atoms with Crippen LogP contribution in [-0.4, -0.2) is 12.6 Å². The minimum absolute atomic E-state index is 0.00117. The molecule has 0 unspecified atom stereocenters. The van der Waals surface area contributed by atoms with Crippen molar-refractivity contribution >= 4 is 28.0 Å². The Labute approximate surface area is 112 Å². The van der Waals surface area contributed by atoms with Gasteiger partial charge in [0.15, 0.2) is 0 Å². The van der Waals surface area contributed by atoms with Crippen LogP contribution in [0.25, 0.3) is 6.08 Å². The lowest BCUT2D eigenvalue weighted by atomic mass is 10.1. The van der Waals surface area contributed by atoms with Crippen LogP contribution in [0.3, 0.4) is 0 Å². The zero-order chi connectivity index (χ0) is 13.5. The van der Waals surface area contributed by atoms with Crippen molar-refractivity contribution in [3.63, 3.8) is 0 Å². The smallest absolute Gasteiger partial charge is 0.349 e. The summed E-state index contributed by atoms with van der Waals surface area (Å²) in [6.45, 7) is 3.38. The summed E-state index contributed by atoms with van der Waals surface area (Å²) in [6.07, 6.45) is 2.53. The Kier molecular flexibility index (Phi) is 5.28. The fourth-order valence-corrected chi connectivity index (χ4v) is 1.51. The monoisotopic (exact) mass is 309 g/mol. The third kappa shape index (κ3) is 3.82. The van der Waals surface area contributed by atoms with Crippen LogP contribution in [0.5, 0.6) is 0 Å². The normalized spacial score (nSPS) is 10.6. The molecule has 0 N–H and O–H groups in total. The fraction of sp³-hybridized carbons (Fsp3) is 0.0769. The Bertz CT molecular complexity index is 546. The summed E-state index contributed by atoms with van der Waals surface area (Å²) in [5.41, 5.74) is -0.134. The van der Waals surface area contributed by atoms with E-state index in [4.69, 9.17) is 10.00 Å². The van der Waals surface area contributed by atoms with E-state index in [0.717, 1.165) is 6.08 Å². The summed E-state index contributed by atoms with van der Waals surface area (Å²) in [6, 6.07) is 5.90. The van der Waals surface area contributed by atoms with Crippen molar-refractivity contribution in [2.24, 2.45) is 0 Å². The number of rotatable bonds is 4. The summed E-state index contributed by atoms with van der Waals surface area (Å²) in [5, 5.41) is 8.84. The molecule has 1 aromatic carbocycles. The average molecular weight is 310 g/mol. The molecule has 0 saturated carbocycles. The first-order valence-electron chi connectivity index (χ1n) is 4.93. The van der Waals surface area contributed by atoms with Crippen LogP contribution in [0.2, 0.25) is 0 Å². The molecule has 0 spiro atoms. The van der Waals surface area contributed by atoms with Crippen LogP contribution in [0.15, 0.2) is 40.9 Å². The maximum atomic E-state index is 13.4. The third-order valence-electron chi connectivity index (χ3n) is 1.93. The second kappa shape index (κ2) is 6.72. The number of halogens is 2. The number of esters is 1. The lowest BCUT2D eigenvalue weighted by Crippen LogP contribution is -2.06. The van der Waals surface area contributed by atoms with E-state index in [0.29, 0.717) is 4.47 Å². The number of ether oxygens (including phenoxy) is 1. The summed E-state index contributed by atoms with van der Waals surface area (Å²) >= 11 is 3.18. The Hall–Kier alpha value is -1.93. The Morgan fingerprint density at radius 1 is 1.61 bits per heavy atom. The van der Waals surface area contributed by atoms with Crippen molar-refractivity contribution in [3.8, 4) is 6.07 Å². The molecule has 0 saturated heterocycles. The van der Waals surface area contributed by atoms with Gasteiger partial charge in [-0.1, -0.05) is 28.6 Å². The van der Waals surface area contributed by atoms with E-state index in [1.807, 2.05) is 0 Å². The first-order valence-corrected chi connectivity index (χ1v) is 5.72. The number of hydrogen-bond donors (Lipinski definition) is 0. The van der Waals surface area contributed by atoms with Crippen LogP contribution in [-0.2, 0) is 9.53 Å². The van der Waals surface area contributed by atoms with Crippen LogP contribution < -0.4 is 0 Å². The topological polar surface area (TPSA) is 50.1 Å². The van der Waals surface area contributed by atoms with E-state index < -0.39 is 11.8 Å². The van der Waals surface area contributed by atoms with Gasteiger partial charge < -0.3 is 4.74 Å². The number of carbonyl (C=O) groups excluding carboxylic acids is 1. The molecule has 0 aliphatic rings. The van der Waals surface area contributed by atoms with Gasteiger partial charge in [0.1, 0.15) is 24.1 Å². The van der Waals surface area contributed by atoms with Crippen molar-refractivity contribution in [2.45, 2.75) is 0 Å². The van der Waals surface area contributed by atoms with Gasteiger partial charge in [-0.25, -0.2) is 9.18 Å². The lowest BCUT2D eigenvalue weighted by molar-refractivity contribution is -0.137. The van der Waals surface area contributed by atoms with E-state index in [1.165, 1.54) is 24.3 Å². The van der Waals surface area contributed by atoms with E-state index >= 15 is 0 Å². The maximum absolute atomic E-state index is 13.4. The second-order valence-corrected chi connectivity index (χ2v) is 4.14. The van der Waals surface area contributed by atoms with Gasteiger partial charge in [-0.2, -0.15) is 5.26 Å². The SMILES string of the molecule is C=CCOC(=O)C(C#N)=Cc1cc(Br)ccc1F. The van der Waals surface area contributed by atoms with Crippen molar-refractivity contribution in [3.05, 3.63) is 52.3 Å². The molecule has 0 amide bonds. The first-order chi connectivity index (χ1) is 8.58. The molecule has 0 aliphatic heterocycles. The summed E-state index contributed by atoms with van der Waals surface area (Å²) in [4.78, 5) is 11.4.